The van der Waals surface area contributed by atoms with Crippen LogP contribution >= 0.6 is 14.3 Å². The molecule has 0 bridgehead atoms. The highest BCUT2D eigenvalue weighted by molar-refractivity contribution is 8.09. The van der Waals surface area contributed by atoms with Crippen LogP contribution in [0, 0.1) is 6.92 Å². The number of aromatic amines is 1. The molecule has 28 heavy (non-hydrogen) atoms. The van der Waals surface area contributed by atoms with E-state index in [2.05, 4.69) is 9.51 Å². The van der Waals surface area contributed by atoms with Crippen molar-refractivity contribution in [1.82, 2.24) is 9.55 Å². The van der Waals surface area contributed by atoms with Gasteiger partial charge in [-0.3, -0.25) is 18.9 Å². The molecule has 1 aliphatic rings. The third-order valence-corrected chi connectivity index (χ3v) is 7.92. The minimum absolute atomic E-state index is 0.165. The number of ether oxygens (including phenoxy) is 1. The number of hydrogen-bond acceptors (Lipinski definition) is 8. The van der Waals surface area contributed by atoms with E-state index in [1.807, 2.05) is 0 Å². The van der Waals surface area contributed by atoms with Gasteiger partial charge in [-0.1, -0.05) is 13.8 Å². The van der Waals surface area contributed by atoms with E-state index in [-0.39, 0.29) is 5.56 Å². The Morgan fingerprint density at radius 3 is 2.50 bits per heavy atom. The molecule has 0 spiro atoms. The maximum Gasteiger partial charge on any atom is 0.469 e. The van der Waals surface area contributed by atoms with Crippen LogP contribution in [0.25, 0.3) is 0 Å². The van der Waals surface area contributed by atoms with Crippen molar-refractivity contribution in [1.29, 1.82) is 0 Å². The molecule has 0 amide bonds. The van der Waals surface area contributed by atoms with E-state index in [9.17, 15) is 24.2 Å². The normalized spacial score (nSPS) is 27.9. The van der Waals surface area contributed by atoms with Crippen LogP contribution in [0.2, 0.25) is 0 Å². The van der Waals surface area contributed by atoms with Crippen molar-refractivity contribution in [3.63, 3.8) is 0 Å². The van der Waals surface area contributed by atoms with E-state index >= 15 is 0 Å². The molecule has 2 heterocycles. The molecule has 1 aromatic heterocycles. The molecular weight excluding hydrogens is 438 g/mol. The molecule has 1 unspecified atom stereocenters. The Kier molecular flexibility index (Phi) is 7.21. The summed E-state index contributed by atoms with van der Waals surface area (Å²) in [4.78, 5) is 54.0. The Morgan fingerprint density at radius 1 is 1.36 bits per heavy atom. The molecule has 0 saturated carbocycles. The lowest BCUT2D eigenvalue weighted by molar-refractivity contribution is -0.0516. The minimum atomic E-state index is -4.85. The standard InChI is InChI=1S/C13H22N2O10P2S/c1-6(2)26(19,28)25-10-9(16)8(5-23-27(20,21)22)24-12(10)15-4-7(3)11(17)14-13(15)18/h4,6,8-10,12,16H,5H2,1-3H3,(H,19,28)(H,14,17,18)(H2,20,21,22)/t8-,9-,10-,12-,26?/m1/s1. The average molecular weight is 460 g/mol. The number of H-pyrrole nitrogens is 1. The quantitative estimate of drug-likeness (QED) is 0.325. The fourth-order valence-corrected chi connectivity index (χ4v) is 3.90. The summed E-state index contributed by atoms with van der Waals surface area (Å²) in [6.07, 6.45) is -4.35. The maximum absolute atomic E-state index is 12.2. The molecule has 0 aromatic carbocycles. The topological polar surface area (TPSA) is 181 Å². The first kappa shape index (κ1) is 23.6. The van der Waals surface area contributed by atoms with Crippen LogP contribution < -0.4 is 11.2 Å². The van der Waals surface area contributed by atoms with E-state index in [4.69, 9.17) is 30.9 Å². The SMILES string of the molecule is Cc1cn([C@@H]2O[C@H](COP(=O)(O)O)[C@@H](O)[C@H]2OP(O)(=S)C(C)C)c(=O)[nH]c1=O. The van der Waals surface area contributed by atoms with Gasteiger partial charge in [-0.2, -0.15) is 0 Å². The first-order valence-corrected chi connectivity index (χ1v) is 12.4. The number of aryl methyl sites for hydroxylation is 1. The molecule has 160 valence electrons. The smallest absolute Gasteiger partial charge is 0.387 e. The molecule has 2 rings (SSSR count). The van der Waals surface area contributed by atoms with Crippen molar-refractivity contribution in [2.45, 2.75) is 51.0 Å². The van der Waals surface area contributed by atoms with Gasteiger partial charge >= 0.3 is 13.5 Å². The lowest BCUT2D eigenvalue weighted by Crippen LogP contribution is -2.40. The number of rotatable bonds is 7. The van der Waals surface area contributed by atoms with Crippen molar-refractivity contribution < 1.29 is 38.1 Å². The zero-order valence-corrected chi connectivity index (χ0v) is 17.8. The van der Waals surface area contributed by atoms with Crippen LogP contribution in [0.5, 0.6) is 0 Å². The Balaban J connectivity index is 2.43. The summed E-state index contributed by atoms with van der Waals surface area (Å²) in [5, 5.41) is 10.5. The van der Waals surface area contributed by atoms with Crippen molar-refractivity contribution in [3.8, 4) is 0 Å². The van der Waals surface area contributed by atoms with Gasteiger partial charge in [0.1, 0.15) is 18.3 Å². The zero-order chi connectivity index (χ0) is 21.4. The molecular formula is C13H22N2O10P2S. The summed E-state index contributed by atoms with van der Waals surface area (Å²) in [5.41, 5.74) is -1.80. The Labute approximate surface area is 164 Å². The van der Waals surface area contributed by atoms with E-state index in [0.29, 0.717) is 0 Å². The highest BCUT2D eigenvalue weighted by atomic mass is 32.5. The van der Waals surface area contributed by atoms with Gasteiger partial charge in [0.25, 0.3) is 5.56 Å². The first-order chi connectivity index (χ1) is 12.7. The van der Waals surface area contributed by atoms with E-state index in [0.717, 1.165) is 4.57 Å². The van der Waals surface area contributed by atoms with E-state index in [1.54, 1.807) is 13.8 Å². The lowest BCUT2D eigenvalue weighted by Gasteiger charge is -2.28. The summed E-state index contributed by atoms with van der Waals surface area (Å²) in [6.45, 7) is 0.542. The number of phosphoric acid groups is 1. The molecule has 1 fully saturated rings. The molecule has 1 saturated heterocycles. The third-order valence-electron chi connectivity index (χ3n) is 4.07. The number of nitrogens with zero attached hydrogens (tertiary/aromatic N) is 1. The van der Waals surface area contributed by atoms with Gasteiger partial charge < -0.3 is 29.0 Å². The van der Waals surface area contributed by atoms with Gasteiger partial charge in [-0.15, -0.1) is 0 Å². The molecule has 5 N–H and O–H groups in total. The summed E-state index contributed by atoms with van der Waals surface area (Å²) in [6, 6.07) is 0. The summed E-state index contributed by atoms with van der Waals surface area (Å²) >= 11 is 5.08. The summed E-state index contributed by atoms with van der Waals surface area (Å²) < 4.78 is 27.3. The Morgan fingerprint density at radius 2 is 1.96 bits per heavy atom. The summed E-state index contributed by atoms with van der Waals surface area (Å²) in [5.74, 6) is 0. The summed E-state index contributed by atoms with van der Waals surface area (Å²) in [7, 11) is -4.85. The molecule has 15 heteroatoms. The van der Waals surface area contributed by atoms with Crippen molar-refractivity contribution in [2.75, 3.05) is 6.61 Å². The predicted molar refractivity (Wildman–Crippen MR) is 100 cm³/mol. The Hall–Kier alpha value is -0.720. The molecule has 12 nitrogen and oxygen atoms in total. The van der Waals surface area contributed by atoms with Gasteiger partial charge in [0, 0.05) is 17.4 Å². The average Bonchev–Trinajstić information content (AvgIpc) is 2.84. The van der Waals surface area contributed by atoms with Gasteiger partial charge in [0.2, 0.25) is 0 Å². The predicted octanol–water partition coefficient (Wildman–Crippen LogP) is -0.692. The number of aliphatic hydroxyl groups excluding tert-OH is 1. The highest BCUT2D eigenvalue weighted by Crippen LogP contribution is 2.52. The number of hydrogen-bond donors (Lipinski definition) is 5. The number of phosphoric ester groups is 1. The van der Waals surface area contributed by atoms with Crippen LogP contribution in [0.1, 0.15) is 25.6 Å². The van der Waals surface area contributed by atoms with Gasteiger partial charge in [0.15, 0.2) is 12.7 Å². The minimum Gasteiger partial charge on any atom is -0.387 e. The maximum atomic E-state index is 12.2. The van der Waals surface area contributed by atoms with Gasteiger partial charge in [-0.25, -0.2) is 9.36 Å². The third kappa shape index (κ3) is 5.45. The number of aliphatic hydroxyl groups is 1. The molecule has 0 aliphatic carbocycles. The van der Waals surface area contributed by atoms with Crippen molar-refractivity contribution in [2.24, 2.45) is 0 Å². The van der Waals surface area contributed by atoms with Gasteiger partial charge in [0.05, 0.1) is 6.61 Å². The second-order valence-electron chi connectivity index (χ2n) is 6.55. The van der Waals surface area contributed by atoms with Crippen LogP contribution in [0.4, 0.5) is 0 Å². The zero-order valence-electron chi connectivity index (χ0n) is 15.2. The molecule has 5 atom stereocenters. The fourth-order valence-electron chi connectivity index (χ4n) is 2.44. The fraction of sp³-hybridized carbons (Fsp3) is 0.692. The highest BCUT2D eigenvalue weighted by Gasteiger charge is 2.49. The van der Waals surface area contributed by atoms with Crippen LogP contribution in [-0.4, -0.2) is 59.9 Å². The monoisotopic (exact) mass is 460 g/mol. The van der Waals surface area contributed by atoms with Crippen molar-refractivity contribution in [3.05, 3.63) is 32.6 Å². The van der Waals surface area contributed by atoms with E-state index in [1.165, 1.54) is 13.1 Å². The van der Waals surface area contributed by atoms with Crippen molar-refractivity contribution >= 4 is 26.1 Å². The number of nitrogens with one attached hydrogen (secondary N) is 1. The lowest BCUT2D eigenvalue weighted by atomic mass is 10.1. The number of aromatic nitrogens is 2. The Bertz CT molecular complexity index is 925. The van der Waals surface area contributed by atoms with E-state index < -0.39 is 62.4 Å². The van der Waals surface area contributed by atoms with Crippen LogP contribution in [0.3, 0.4) is 0 Å². The molecule has 1 aliphatic heterocycles. The van der Waals surface area contributed by atoms with Gasteiger partial charge in [-0.05, 0) is 18.7 Å². The largest absolute Gasteiger partial charge is 0.469 e. The first-order valence-electron chi connectivity index (χ1n) is 8.09. The second-order valence-corrected chi connectivity index (χ2v) is 11.7. The molecule has 0 radical (unpaired) electrons. The second kappa shape index (κ2) is 8.57. The van der Waals surface area contributed by atoms with Crippen LogP contribution in [-0.2, 0) is 30.2 Å². The van der Waals surface area contributed by atoms with Crippen LogP contribution in [0.15, 0.2) is 15.8 Å². The molecule has 1 aromatic rings.